The van der Waals surface area contributed by atoms with E-state index in [1.165, 1.54) is 6.20 Å². The third-order valence-electron chi connectivity index (χ3n) is 5.24. The van der Waals surface area contributed by atoms with E-state index in [0.29, 0.717) is 22.1 Å². The first-order valence-corrected chi connectivity index (χ1v) is 11.2. The zero-order chi connectivity index (χ0) is 24.8. The quantitative estimate of drug-likeness (QED) is 0.213. The highest BCUT2D eigenvalue weighted by Gasteiger charge is 2.15. The molecule has 176 valence electrons. The van der Waals surface area contributed by atoms with E-state index in [2.05, 4.69) is 27.9 Å². The number of ether oxygens (including phenoxy) is 1. The van der Waals surface area contributed by atoms with Crippen LogP contribution in [0.4, 0.5) is 11.4 Å². The zero-order valence-corrected chi connectivity index (χ0v) is 20.1. The topological polar surface area (TPSA) is 103 Å². The van der Waals surface area contributed by atoms with Crippen LogP contribution in [0.1, 0.15) is 16.2 Å². The fourth-order valence-corrected chi connectivity index (χ4v) is 3.66. The minimum atomic E-state index is -0.426. The van der Waals surface area contributed by atoms with Gasteiger partial charge in [0.1, 0.15) is 5.75 Å². The van der Waals surface area contributed by atoms with Gasteiger partial charge in [-0.2, -0.15) is 0 Å². The first-order chi connectivity index (χ1) is 17.0. The lowest BCUT2D eigenvalue weighted by Gasteiger charge is -2.07. The predicted molar refractivity (Wildman–Crippen MR) is 141 cm³/mol. The molecule has 5 aromatic rings. The van der Waals surface area contributed by atoms with Crippen LogP contribution in [0.15, 0.2) is 94.5 Å². The van der Waals surface area contributed by atoms with Crippen LogP contribution in [0.25, 0.3) is 22.2 Å². The molecule has 3 aromatic carbocycles. The second-order valence-electron chi connectivity index (χ2n) is 7.60. The van der Waals surface area contributed by atoms with Crippen LogP contribution in [0.2, 0.25) is 0 Å². The lowest BCUT2D eigenvalue weighted by molar-refractivity contribution is 0.0991. The number of benzene rings is 3. The molecule has 7 nitrogen and oxygen atoms in total. The van der Waals surface area contributed by atoms with Gasteiger partial charge in [0.15, 0.2) is 5.76 Å². The van der Waals surface area contributed by atoms with Gasteiger partial charge in [-0.25, -0.2) is 4.98 Å². The maximum absolute atomic E-state index is 12.2. The third kappa shape index (κ3) is 5.62. The molecular formula is C27H24N4O3S. The number of fused-ring (bicyclic) bond motifs is 1. The molecule has 0 spiro atoms. The summed E-state index contributed by atoms with van der Waals surface area (Å²) in [7, 11) is 1.56. The number of carbonyl (C=O) groups is 1. The number of nitrogens with one attached hydrogen (secondary N) is 1. The molecule has 5 rings (SSSR count). The molecule has 0 saturated heterocycles. The molecule has 0 radical (unpaired) electrons. The Morgan fingerprint density at radius 1 is 1.03 bits per heavy atom. The van der Waals surface area contributed by atoms with E-state index in [0.717, 1.165) is 27.7 Å². The Hall–Kier alpha value is -4.30. The number of nitrogens with zero attached hydrogens (tertiary/aromatic N) is 2. The fraction of sp³-hybridized carbons (Fsp3) is 0.0741. The molecule has 0 atom stereocenters. The summed E-state index contributed by atoms with van der Waals surface area (Å²) < 4.78 is 10.6. The molecular weight excluding hydrogens is 460 g/mol. The highest BCUT2D eigenvalue weighted by Crippen LogP contribution is 2.26. The number of aromatic nitrogens is 2. The lowest BCUT2D eigenvalue weighted by atomic mass is 10.1. The summed E-state index contributed by atoms with van der Waals surface area (Å²) in [6.07, 6.45) is 3.30. The van der Waals surface area contributed by atoms with Crippen molar-refractivity contribution in [3.05, 3.63) is 96.6 Å². The molecule has 2 aromatic heterocycles. The first-order valence-electron chi connectivity index (χ1n) is 10.8. The Labute approximate surface area is 208 Å². The van der Waals surface area contributed by atoms with Crippen molar-refractivity contribution in [2.75, 3.05) is 18.2 Å². The minimum Gasteiger partial charge on any atom is -0.496 e. The van der Waals surface area contributed by atoms with E-state index in [1.807, 2.05) is 61.5 Å². The summed E-state index contributed by atoms with van der Waals surface area (Å²) in [6, 6.07) is 22.5. The van der Waals surface area contributed by atoms with Crippen molar-refractivity contribution in [3.63, 3.8) is 0 Å². The Morgan fingerprint density at radius 2 is 1.83 bits per heavy atom. The van der Waals surface area contributed by atoms with E-state index in [9.17, 15) is 4.79 Å². The first kappa shape index (κ1) is 23.8. The molecule has 0 aliphatic rings. The molecule has 8 heteroatoms. The molecule has 0 bridgehead atoms. The van der Waals surface area contributed by atoms with Gasteiger partial charge in [0, 0.05) is 33.4 Å². The van der Waals surface area contributed by atoms with Crippen molar-refractivity contribution < 1.29 is 13.9 Å². The number of nitrogens with two attached hydrogens (primary N) is 1. The molecule has 3 N–H and O–H groups in total. The summed E-state index contributed by atoms with van der Waals surface area (Å²) >= 11 is 4.29. The van der Waals surface area contributed by atoms with Crippen LogP contribution < -0.4 is 15.8 Å². The molecule has 35 heavy (non-hydrogen) atoms. The average Bonchev–Trinajstić information content (AvgIpc) is 3.38. The van der Waals surface area contributed by atoms with Crippen molar-refractivity contribution in [1.29, 1.82) is 0 Å². The van der Waals surface area contributed by atoms with Crippen LogP contribution in [-0.4, -0.2) is 23.0 Å². The van der Waals surface area contributed by atoms with Crippen molar-refractivity contribution in [1.82, 2.24) is 9.97 Å². The number of pyridine rings is 1. The van der Waals surface area contributed by atoms with Gasteiger partial charge >= 0.3 is 5.91 Å². The molecule has 0 fully saturated rings. The number of nitrogen functional groups attached to an aromatic ring is 1. The van der Waals surface area contributed by atoms with Gasteiger partial charge in [0.05, 0.1) is 18.8 Å². The number of anilines is 2. The number of thiol groups is 1. The second-order valence-corrected chi connectivity index (χ2v) is 8.08. The molecule has 0 aliphatic heterocycles. The van der Waals surface area contributed by atoms with E-state index in [-0.39, 0.29) is 5.89 Å². The van der Waals surface area contributed by atoms with E-state index in [4.69, 9.17) is 14.9 Å². The molecule has 2 heterocycles. The molecule has 1 amide bonds. The van der Waals surface area contributed by atoms with Gasteiger partial charge in [-0.05, 0) is 48.9 Å². The lowest BCUT2D eigenvalue weighted by Crippen LogP contribution is -2.12. The second kappa shape index (κ2) is 10.8. The van der Waals surface area contributed by atoms with Gasteiger partial charge in [-0.1, -0.05) is 36.4 Å². The standard InChI is InChI=1S/C17H14N2O3S.C10H10N2/c1-21-13-8-7-12(9-15(13)23)19-16(20)17-18-10-14(22-17)11-5-3-2-4-6-11;1-7-4-5-9-8(10(7)11)3-2-6-12-9/h2-10,23H,1H3,(H,19,20);2-6H,11H2,1H3. The summed E-state index contributed by atoms with van der Waals surface area (Å²) in [6.45, 7) is 2.00. The van der Waals surface area contributed by atoms with Gasteiger partial charge in [0.25, 0.3) is 5.89 Å². The minimum absolute atomic E-state index is 0.000357. The number of hydrogen-bond donors (Lipinski definition) is 3. The summed E-state index contributed by atoms with van der Waals surface area (Å²) in [5.74, 6) is 0.750. The summed E-state index contributed by atoms with van der Waals surface area (Å²) in [5, 5.41) is 3.75. The van der Waals surface area contributed by atoms with Crippen LogP contribution in [0.5, 0.6) is 5.75 Å². The van der Waals surface area contributed by atoms with E-state index < -0.39 is 5.91 Å². The van der Waals surface area contributed by atoms with Gasteiger partial charge in [-0.15, -0.1) is 12.6 Å². The number of carbonyl (C=O) groups excluding carboxylic acids is 1. The number of methoxy groups -OCH3 is 1. The average molecular weight is 485 g/mol. The Morgan fingerprint density at radius 3 is 2.57 bits per heavy atom. The van der Waals surface area contributed by atoms with E-state index >= 15 is 0 Å². The normalized spacial score (nSPS) is 10.4. The summed E-state index contributed by atoms with van der Waals surface area (Å²) in [4.78, 5) is 21.1. The maximum Gasteiger partial charge on any atom is 0.311 e. The van der Waals surface area contributed by atoms with Crippen LogP contribution in [0.3, 0.4) is 0 Å². The largest absolute Gasteiger partial charge is 0.496 e. The third-order valence-corrected chi connectivity index (χ3v) is 5.59. The highest BCUT2D eigenvalue weighted by molar-refractivity contribution is 7.80. The van der Waals surface area contributed by atoms with Crippen LogP contribution >= 0.6 is 12.6 Å². The van der Waals surface area contributed by atoms with Crippen LogP contribution in [0, 0.1) is 6.92 Å². The monoisotopic (exact) mass is 484 g/mol. The predicted octanol–water partition coefficient (Wildman–Crippen LogP) is 6.02. The molecule has 0 unspecified atom stereocenters. The molecule has 0 saturated carbocycles. The fourth-order valence-electron chi connectivity index (χ4n) is 3.35. The molecule has 0 aliphatic carbocycles. The van der Waals surface area contributed by atoms with Crippen molar-refractivity contribution >= 4 is 40.8 Å². The Kier molecular flexibility index (Phi) is 7.32. The number of oxazole rings is 1. The highest BCUT2D eigenvalue weighted by atomic mass is 32.1. The summed E-state index contributed by atoms with van der Waals surface area (Å²) in [5.41, 5.74) is 10.2. The smallest absolute Gasteiger partial charge is 0.311 e. The SMILES string of the molecule is COc1ccc(NC(=O)c2ncc(-c3ccccc3)o2)cc1S.Cc1ccc2ncccc2c1N. The Balaban J connectivity index is 0.000000201. The van der Waals surface area contributed by atoms with Crippen molar-refractivity contribution in [2.24, 2.45) is 0 Å². The number of hydrogen-bond acceptors (Lipinski definition) is 7. The van der Waals surface area contributed by atoms with Crippen LogP contribution in [-0.2, 0) is 0 Å². The van der Waals surface area contributed by atoms with E-state index in [1.54, 1.807) is 31.5 Å². The number of amides is 1. The maximum atomic E-state index is 12.2. The van der Waals surface area contributed by atoms with Crippen molar-refractivity contribution in [3.8, 4) is 17.1 Å². The van der Waals surface area contributed by atoms with Crippen molar-refractivity contribution in [2.45, 2.75) is 11.8 Å². The number of aryl methyl sites for hydroxylation is 1. The number of rotatable bonds is 4. The van der Waals surface area contributed by atoms with Gasteiger partial charge < -0.3 is 20.2 Å². The zero-order valence-electron chi connectivity index (χ0n) is 19.2. The Bertz CT molecular complexity index is 1470. The van der Waals surface area contributed by atoms with Gasteiger partial charge in [0.2, 0.25) is 0 Å². The van der Waals surface area contributed by atoms with Gasteiger partial charge in [-0.3, -0.25) is 9.78 Å².